The molecule has 2 aromatic rings. The van der Waals surface area contributed by atoms with Crippen LogP contribution < -0.4 is 10.5 Å². The number of aryl methyl sites for hydroxylation is 2. The highest BCUT2D eigenvalue weighted by atomic mass is 19.1. The molecular formula is C15H17FN2O. The Hall–Kier alpha value is -1.94. The Morgan fingerprint density at radius 2 is 1.95 bits per heavy atom. The predicted molar refractivity (Wildman–Crippen MR) is 72.7 cm³/mol. The summed E-state index contributed by atoms with van der Waals surface area (Å²) in [4.78, 5) is 3.74. The van der Waals surface area contributed by atoms with E-state index in [2.05, 4.69) is 4.98 Å². The van der Waals surface area contributed by atoms with Crippen LogP contribution in [0.1, 0.15) is 28.3 Å². The molecule has 100 valence electrons. The van der Waals surface area contributed by atoms with Crippen molar-refractivity contribution in [2.24, 2.45) is 5.73 Å². The summed E-state index contributed by atoms with van der Waals surface area (Å²) in [6.07, 6.45) is 2.73. The second kappa shape index (κ2) is 5.36. The molecule has 0 fully saturated rings. The molecule has 0 aliphatic heterocycles. The highest BCUT2D eigenvalue weighted by molar-refractivity contribution is 5.45. The van der Waals surface area contributed by atoms with Gasteiger partial charge in [0.2, 0.25) is 0 Å². The molecule has 1 unspecified atom stereocenters. The molecule has 2 rings (SSSR count). The van der Waals surface area contributed by atoms with E-state index in [0.717, 1.165) is 22.4 Å². The van der Waals surface area contributed by atoms with Crippen LogP contribution in [-0.4, -0.2) is 12.1 Å². The molecule has 0 aliphatic rings. The third-order valence-electron chi connectivity index (χ3n) is 3.26. The quantitative estimate of drug-likeness (QED) is 0.923. The molecule has 0 spiro atoms. The predicted octanol–water partition coefficient (Wildman–Crippen LogP) is 2.89. The van der Waals surface area contributed by atoms with E-state index in [9.17, 15) is 4.39 Å². The molecule has 1 aromatic heterocycles. The van der Waals surface area contributed by atoms with Gasteiger partial charge < -0.3 is 10.5 Å². The summed E-state index contributed by atoms with van der Waals surface area (Å²) < 4.78 is 19.0. The summed E-state index contributed by atoms with van der Waals surface area (Å²) in [5.74, 6) is 0.423. The van der Waals surface area contributed by atoms with Crippen LogP contribution in [-0.2, 0) is 0 Å². The number of rotatable bonds is 3. The van der Waals surface area contributed by atoms with Gasteiger partial charge in [-0.05, 0) is 42.7 Å². The van der Waals surface area contributed by atoms with Crippen LogP contribution in [0.15, 0.2) is 30.6 Å². The van der Waals surface area contributed by atoms with Gasteiger partial charge in [-0.15, -0.1) is 0 Å². The number of hydrogen-bond donors (Lipinski definition) is 1. The number of pyridine rings is 1. The average Bonchev–Trinajstić information content (AvgIpc) is 2.40. The fraction of sp³-hybridized carbons (Fsp3) is 0.267. The lowest BCUT2D eigenvalue weighted by atomic mass is 9.94. The van der Waals surface area contributed by atoms with Crippen LogP contribution in [0.4, 0.5) is 4.39 Å². The minimum absolute atomic E-state index is 0.386. The molecule has 0 saturated heterocycles. The maximum absolute atomic E-state index is 13.7. The van der Waals surface area contributed by atoms with Crippen molar-refractivity contribution in [2.75, 3.05) is 7.11 Å². The van der Waals surface area contributed by atoms with Crippen molar-refractivity contribution in [1.29, 1.82) is 0 Å². The normalized spacial score (nSPS) is 12.3. The summed E-state index contributed by atoms with van der Waals surface area (Å²) in [6.45, 7) is 3.88. The number of methoxy groups -OCH3 is 1. The fourth-order valence-electron chi connectivity index (χ4n) is 2.17. The minimum atomic E-state index is -0.507. The van der Waals surface area contributed by atoms with Gasteiger partial charge in [-0.1, -0.05) is 6.07 Å². The maximum atomic E-state index is 13.7. The third kappa shape index (κ3) is 2.58. The zero-order valence-electron chi connectivity index (χ0n) is 11.3. The average molecular weight is 260 g/mol. The number of aromatic nitrogens is 1. The molecule has 3 nitrogen and oxygen atoms in total. The van der Waals surface area contributed by atoms with Gasteiger partial charge in [0, 0.05) is 11.8 Å². The lowest BCUT2D eigenvalue weighted by Crippen LogP contribution is -2.15. The minimum Gasteiger partial charge on any atom is -0.496 e. The molecule has 0 radical (unpaired) electrons. The first-order valence-electron chi connectivity index (χ1n) is 6.04. The van der Waals surface area contributed by atoms with Gasteiger partial charge in [-0.3, -0.25) is 4.98 Å². The Morgan fingerprint density at radius 1 is 1.21 bits per heavy atom. The summed E-state index contributed by atoms with van der Waals surface area (Å²) in [6, 6.07) is 4.97. The first-order chi connectivity index (χ1) is 9.04. The Labute approximate surface area is 112 Å². The summed E-state index contributed by atoms with van der Waals surface area (Å²) >= 11 is 0. The van der Waals surface area contributed by atoms with Crippen LogP contribution in [0, 0.1) is 19.7 Å². The molecule has 1 atom stereocenters. The summed E-state index contributed by atoms with van der Waals surface area (Å²) in [5, 5.41) is 0. The third-order valence-corrected chi connectivity index (χ3v) is 3.26. The Morgan fingerprint density at radius 3 is 2.58 bits per heavy atom. The smallest absolute Gasteiger partial charge is 0.146 e. The van der Waals surface area contributed by atoms with Gasteiger partial charge in [0.15, 0.2) is 0 Å². The molecule has 0 saturated carbocycles. The van der Waals surface area contributed by atoms with E-state index in [1.54, 1.807) is 19.4 Å². The molecule has 1 aromatic carbocycles. The van der Waals surface area contributed by atoms with Gasteiger partial charge in [-0.25, -0.2) is 4.39 Å². The Bertz CT molecular complexity index is 599. The standard InChI is InChI=1S/C15H17FN2O/c1-9-7-14(19-3)10(2)6-12(9)15(17)11-4-5-18-8-13(11)16/h4-8,15H,17H2,1-3H3. The number of nitrogens with two attached hydrogens (primary N) is 1. The molecule has 0 amide bonds. The van der Waals surface area contributed by atoms with E-state index >= 15 is 0 Å². The van der Waals surface area contributed by atoms with Gasteiger partial charge in [0.25, 0.3) is 0 Å². The van der Waals surface area contributed by atoms with Gasteiger partial charge in [0.05, 0.1) is 19.3 Å². The maximum Gasteiger partial charge on any atom is 0.146 e. The Balaban J connectivity index is 2.48. The van der Waals surface area contributed by atoms with Crippen LogP contribution in [0.3, 0.4) is 0 Å². The largest absolute Gasteiger partial charge is 0.496 e. The second-order valence-electron chi connectivity index (χ2n) is 4.55. The van der Waals surface area contributed by atoms with Crippen LogP contribution >= 0.6 is 0 Å². The van der Waals surface area contributed by atoms with Crippen LogP contribution in [0.5, 0.6) is 5.75 Å². The summed E-state index contributed by atoms with van der Waals surface area (Å²) in [5.41, 5.74) is 9.47. The van der Waals surface area contributed by atoms with E-state index in [1.807, 2.05) is 26.0 Å². The number of ether oxygens (including phenoxy) is 1. The number of nitrogens with zero attached hydrogens (tertiary/aromatic N) is 1. The lowest BCUT2D eigenvalue weighted by molar-refractivity contribution is 0.411. The number of halogens is 1. The first kappa shape index (κ1) is 13.5. The molecular weight excluding hydrogens is 243 g/mol. The molecule has 0 bridgehead atoms. The van der Waals surface area contributed by atoms with Crippen molar-refractivity contribution in [3.05, 3.63) is 58.7 Å². The van der Waals surface area contributed by atoms with Crippen LogP contribution in [0.25, 0.3) is 0 Å². The van der Waals surface area contributed by atoms with E-state index in [0.29, 0.717) is 5.56 Å². The number of hydrogen-bond acceptors (Lipinski definition) is 3. The topological polar surface area (TPSA) is 48.1 Å². The van der Waals surface area contributed by atoms with Crippen molar-refractivity contribution in [1.82, 2.24) is 4.98 Å². The van der Waals surface area contributed by atoms with Crippen LogP contribution in [0.2, 0.25) is 0 Å². The van der Waals surface area contributed by atoms with Crippen molar-refractivity contribution >= 4 is 0 Å². The highest BCUT2D eigenvalue weighted by Gasteiger charge is 2.17. The van der Waals surface area contributed by atoms with E-state index in [-0.39, 0.29) is 5.82 Å². The molecule has 0 aliphatic carbocycles. The first-order valence-corrected chi connectivity index (χ1v) is 6.04. The highest BCUT2D eigenvalue weighted by Crippen LogP contribution is 2.29. The van der Waals surface area contributed by atoms with E-state index < -0.39 is 6.04 Å². The summed E-state index contributed by atoms with van der Waals surface area (Å²) in [7, 11) is 1.63. The lowest BCUT2D eigenvalue weighted by Gasteiger charge is -2.18. The Kier molecular flexibility index (Phi) is 3.81. The van der Waals surface area contributed by atoms with Crippen molar-refractivity contribution in [3.63, 3.8) is 0 Å². The molecule has 1 heterocycles. The number of benzene rings is 1. The zero-order valence-corrected chi connectivity index (χ0v) is 11.3. The molecule has 19 heavy (non-hydrogen) atoms. The van der Waals surface area contributed by atoms with Crippen molar-refractivity contribution in [3.8, 4) is 5.75 Å². The van der Waals surface area contributed by atoms with Crippen molar-refractivity contribution in [2.45, 2.75) is 19.9 Å². The van der Waals surface area contributed by atoms with E-state index in [1.165, 1.54) is 6.20 Å². The second-order valence-corrected chi connectivity index (χ2v) is 4.55. The SMILES string of the molecule is COc1cc(C)c(C(N)c2ccncc2F)cc1C. The van der Waals surface area contributed by atoms with Crippen molar-refractivity contribution < 1.29 is 9.13 Å². The molecule has 2 N–H and O–H groups in total. The molecule has 4 heteroatoms. The van der Waals surface area contributed by atoms with E-state index in [4.69, 9.17) is 10.5 Å². The fourth-order valence-corrected chi connectivity index (χ4v) is 2.17. The van der Waals surface area contributed by atoms with Gasteiger partial charge in [-0.2, -0.15) is 0 Å². The van der Waals surface area contributed by atoms with Gasteiger partial charge in [0.1, 0.15) is 11.6 Å². The monoisotopic (exact) mass is 260 g/mol. The van der Waals surface area contributed by atoms with Gasteiger partial charge >= 0.3 is 0 Å². The zero-order chi connectivity index (χ0) is 14.0.